The van der Waals surface area contributed by atoms with Crippen molar-refractivity contribution in [2.24, 2.45) is 5.92 Å². The van der Waals surface area contributed by atoms with Crippen molar-refractivity contribution in [3.05, 3.63) is 75.3 Å². The van der Waals surface area contributed by atoms with Crippen LogP contribution in [-0.2, 0) is 4.79 Å². The van der Waals surface area contributed by atoms with Gasteiger partial charge in [-0.05, 0) is 42.7 Å². The van der Waals surface area contributed by atoms with Gasteiger partial charge >= 0.3 is 0 Å². The molecular formula is C27H28FN5O2S2. The van der Waals surface area contributed by atoms with Crippen molar-refractivity contribution in [1.29, 1.82) is 0 Å². The van der Waals surface area contributed by atoms with Gasteiger partial charge in [0.05, 0.1) is 16.2 Å². The van der Waals surface area contributed by atoms with Crippen LogP contribution in [0.5, 0.6) is 0 Å². The number of halogens is 1. The third kappa shape index (κ3) is 5.13. The summed E-state index contributed by atoms with van der Waals surface area (Å²) < 4.78 is 16.3. The molecule has 4 heterocycles. The summed E-state index contributed by atoms with van der Waals surface area (Å²) in [5, 5.41) is 0. The van der Waals surface area contributed by atoms with Crippen molar-refractivity contribution in [1.82, 2.24) is 14.3 Å². The Morgan fingerprint density at radius 2 is 1.76 bits per heavy atom. The maximum atomic E-state index is 14.3. The maximum Gasteiger partial charge on any atom is 0.267 e. The molecule has 2 aliphatic heterocycles. The van der Waals surface area contributed by atoms with E-state index in [0.717, 1.165) is 6.42 Å². The van der Waals surface area contributed by atoms with E-state index in [2.05, 4.69) is 13.8 Å². The van der Waals surface area contributed by atoms with Gasteiger partial charge in [0.25, 0.3) is 11.5 Å². The third-order valence-electron chi connectivity index (χ3n) is 6.60. The fraction of sp³-hybridized carbons (Fsp3) is 0.333. The van der Waals surface area contributed by atoms with Gasteiger partial charge in [-0.3, -0.25) is 18.9 Å². The molecule has 0 N–H and O–H groups in total. The second kappa shape index (κ2) is 10.6. The molecule has 2 aromatic heterocycles. The largest absolute Gasteiger partial charge is 0.366 e. The third-order valence-corrected chi connectivity index (χ3v) is 7.98. The number of hydrogen-bond donors (Lipinski definition) is 0. The van der Waals surface area contributed by atoms with Crippen LogP contribution in [0.2, 0.25) is 0 Å². The molecule has 2 fully saturated rings. The van der Waals surface area contributed by atoms with Crippen molar-refractivity contribution in [2.75, 3.05) is 42.5 Å². The number of thiocarbonyl (C=S) groups is 1. The highest BCUT2D eigenvalue weighted by Gasteiger charge is 2.33. The highest BCUT2D eigenvalue weighted by molar-refractivity contribution is 8.26. The first-order chi connectivity index (χ1) is 17.8. The number of nitrogens with zero attached hydrogens (tertiary/aromatic N) is 5. The minimum atomic E-state index is -0.252. The minimum Gasteiger partial charge on any atom is -0.366 e. The number of rotatable bonds is 6. The molecule has 2 aliphatic rings. The Kier molecular flexibility index (Phi) is 7.30. The Morgan fingerprint density at radius 3 is 2.49 bits per heavy atom. The average Bonchev–Trinajstić information content (AvgIpc) is 3.16. The first-order valence-electron chi connectivity index (χ1n) is 12.3. The molecule has 10 heteroatoms. The lowest BCUT2D eigenvalue weighted by Gasteiger charge is -2.37. The monoisotopic (exact) mass is 537 g/mol. The number of piperazine rings is 1. The molecule has 5 rings (SSSR count). The van der Waals surface area contributed by atoms with E-state index in [1.807, 2.05) is 21.9 Å². The lowest BCUT2D eigenvalue weighted by Crippen LogP contribution is -2.47. The molecule has 3 aromatic rings. The minimum absolute atomic E-state index is 0.177. The number of aromatic nitrogens is 2. The van der Waals surface area contributed by atoms with Gasteiger partial charge in [0.15, 0.2) is 0 Å². The van der Waals surface area contributed by atoms with E-state index in [0.29, 0.717) is 70.6 Å². The highest BCUT2D eigenvalue weighted by atomic mass is 32.2. The fourth-order valence-electron chi connectivity index (χ4n) is 4.54. The molecule has 192 valence electrons. The molecule has 0 spiro atoms. The number of para-hydroxylation sites is 1. The van der Waals surface area contributed by atoms with Crippen LogP contribution in [0.4, 0.5) is 15.9 Å². The van der Waals surface area contributed by atoms with E-state index >= 15 is 0 Å². The average molecular weight is 538 g/mol. The van der Waals surface area contributed by atoms with E-state index in [9.17, 15) is 14.0 Å². The molecular weight excluding hydrogens is 509 g/mol. The molecule has 2 saturated heterocycles. The number of carbonyl (C=O) groups excluding carboxylic acids is 1. The normalized spacial score (nSPS) is 17.6. The molecule has 0 radical (unpaired) electrons. The van der Waals surface area contributed by atoms with Gasteiger partial charge in [0, 0.05) is 38.9 Å². The summed E-state index contributed by atoms with van der Waals surface area (Å²) in [4.78, 5) is 37.7. The summed E-state index contributed by atoms with van der Waals surface area (Å²) in [5.74, 6) is 0.538. The quantitative estimate of drug-likeness (QED) is 0.341. The lowest BCUT2D eigenvalue weighted by molar-refractivity contribution is -0.122. The highest BCUT2D eigenvalue weighted by Crippen LogP contribution is 2.34. The number of pyridine rings is 1. The number of benzene rings is 1. The topological polar surface area (TPSA) is 61.2 Å². The molecule has 0 saturated carbocycles. The first-order valence-corrected chi connectivity index (χ1v) is 13.6. The zero-order valence-corrected chi connectivity index (χ0v) is 22.4. The number of thioether (sulfide) groups is 1. The Morgan fingerprint density at radius 1 is 1.05 bits per heavy atom. The van der Waals surface area contributed by atoms with E-state index in [1.165, 1.54) is 22.2 Å². The van der Waals surface area contributed by atoms with Crippen molar-refractivity contribution in [3.63, 3.8) is 0 Å². The molecule has 1 amide bonds. The van der Waals surface area contributed by atoms with E-state index in [1.54, 1.807) is 41.4 Å². The van der Waals surface area contributed by atoms with Crippen LogP contribution in [0, 0.1) is 11.7 Å². The van der Waals surface area contributed by atoms with Gasteiger partial charge in [0.2, 0.25) is 0 Å². The maximum absolute atomic E-state index is 14.3. The number of anilines is 2. The zero-order chi connectivity index (χ0) is 26.1. The van der Waals surface area contributed by atoms with E-state index in [-0.39, 0.29) is 17.3 Å². The zero-order valence-electron chi connectivity index (χ0n) is 20.8. The van der Waals surface area contributed by atoms with Crippen molar-refractivity contribution in [3.8, 4) is 0 Å². The predicted octanol–water partition coefficient (Wildman–Crippen LogP) is 4.41. The van der Waals surface area contributed by atoms with Gasteiger partial charge < -0.3 is 9.80 Å². The summed E-state index contributed by atoms with van der Waals surface area (Å²) in [5.41, 5.74) is 1.21. The van der Waals surface area contributed by atoms with E-state index in [4.69, 9.17) is 17.2 Å². The Balaban J connectivity index is 1.49. The number of amides is 1. The Bertz CT molecular complexity index is 1450. The summed E-state index contributed by atoms with van der Waals surface area (Å²) in [6.45, 7) is 7.03. The van der Waals surface area contributed by atoms with Gasteiger partial charge in [-0.2, -0.15) is 0 Å². The molecule has 7 nitrogen and oxygen atoms in total. The van der Waals surface area contributed by atoms with Crippen LogP contribution in [0.3, 0.4) is 0 Å². The SMILES string of the molecule is CC(C)CCN1C(=O)/C(=C/c2c(N3CCN(c4ccccc4F)CC3)nc3ccccn3c2=O)SC1=S. The number of carbonyl (C=O) groups is 1. The number of hydrogen-bond acceptors (Lipinski definition) is 7. The molecule has 37 heavy (non-hydrogen) atoms. The number of fused-ring (bicyclic) bond motifs is 1. The van der Waals surface area contributed by atoms with E-state index < -0.39 is 0 Å². The van der Waals surface area contributed by atoms with Gasteiger partial charge in [0.1, 0.15) is 21.6 Å². The van der Waals surface area contributed by atoms with Crippen molar-refractivity contribution >= 4 is 57.4 Å². The lowest BCUT2D eigenvalue weighted by atomic mass is 10.1. The Hall–Kier alpha value is -3.24. The second-order valence-electron chi connectivity index (χ2n) is 9.52. The van der Waals surface area contributed by atoms with Crippen molar-refractivity contribution < 1.29 is 9.18 Å². The molecule has 0 unspecified atom stereocenters. The summed E-state index contributed by atoms with van der Waals surface area (Å²) in [6.07, 6.45) is 4.16. The molecule has 1 aromatic carbocycles. The second-order valence-corrected chi connectivity index (χ2v) is 11.2. The van der Waals surface area contributed by atoms with Crippen LogP contribution >= 0.6 is 24.0 Å². The van der Waals surface area contributed by atoms with Crippen LogP contribution in [0.1, 0.15) is 25.8 Å². The van der Waals surface area contributed by atoms with Crippen LogP contribution in [0.15, 0.2) is 58.4 Å². The van der Waals surface area contributed by atoms with Gasteiger partial charge in [-0.1, -0.05) is 56.0 Å². The Labute approximate surface area is 224 Å². The summed E-state index contributed by atoms with van der Waals surface area (Å²) in [6, 6.07) is 12.1. The molecule has 0 bridgehead atoms. The van der Waals surface area contributed by atoms with Gasteiger partial charge in [-0.15, -0.1) is 0 Å². The van der Waals surface area contributed by atoms with Crippen LogP contribution in [0.25, 0.3) is 11.7 Å². The molecule has 0 atom stereocenters. The summed E-state index contributed by atoms with van der Waals surface area (Å²) in [7, 11) is 0. The van der Waals surface area contributed by atoms with Crippen LogP contribution in [-0.4, -0.2) is 57.2 Å². The fourth-order valence-corrected chi connectivity index (χ4v) is 5.83. The van der Waals surface area contributed by atoms with Crippen LogP contribution < -0.4 is 15.4 Å². The molecule has 0 aliphatic carbocycles. The smallest absolute Gasteiger partial charge is 0.267 e. The summed E-state index contributed by atoms with van der Waals surface area (Å²) >= 11 is 6.70. The standard InChI is InChI=1S/C27H28FN5O2S2/c1-18(2)10-12-33-26(35)22(37-27(33)36)17-19-24(29-23-9-5-6-11-32(23)25(19)34)31-15-13-30(14-16-31)21-8-4-3-7-20(21)28/h3-9,11,17-18H,10,12-16H2,1-2H3/b22-17-. The van der Waals surface area contributed by atoms with Crippen molar-refractivity contribution in [2.45, 2.75) is 20.3 Å². The predicted molar refractivity (Wildman–Crippen MR) is 152 cm³/mol. The van der Waals surface area contributed by atoms with Gasteiger partial charge in [-0.25, -0.2) is 9.37 Å². The first kappa shape index (κ1) is 25.4.